The summed E-state index contributed by atoms with van der Waals surface area (Å²) < 4.78 is 4.70. The average Bonchev–Trinajstić information content (AvgIpc) is 3.74. The van der Waals surface area contributed by atoms with E-state index in [1.54, 1.807) is 12.1 Å². The highest BCUT2D eigenvalue weighted by molar-refractivity contribution is 6.12. The summed E-state index contributed by atoms with van der Waals surface area (Å²) in [4.78, 5) is 18.2. The molecule has 6 heteroatoms. The number of aromatic nitrogens is 5. The van der Waals surface area contributed by atoms with E-state index in [2.05, 4.69) is 129 Å². The summed E-state index contributed by atoms with van der Waals surface area (Å²) in [6, 6.07) is 58.4. The second-order valence-electron chi connectivity index (χ2n) is 12.8. The molecule has 0 saturated carbocycles. The van der Waals surface area contributed by atoms with E-state index in [1.165, 1.54) is 32.6 Å². The van der Waals surface area contributed by atoms with E-state index in [9.17, 15) is 0 Å². The summed E-state index contributed by atoms with van der Waals surface area (Å²) in [5.41, 5.74) is 10.0. The lowest BCUT2D eigenvalue weighted by Crippen LogP contribution is -2.00. The Balaban J connectivity index is 1.10. The zero-order valence-corrected chi connectivity index (χ0v) is 27.8. The van der Waals surface area contributed by atoms with Gasteiger partial charge in [0.15, 0.2) is 23.2 Å². The Hall–Kier alpha value is -7.36. The molecule has 0 aliphatic heterocycles. The molecule has 0 fully saturated rings. The number of hydrogen-bond acceptors (Lipinski definition) is 3. The van der Waals surface area contributed by atoms with E-state index in [-0.39, 0.29) is 0 Å². The fraction of sp³-hybridized carbons (Fsp3) is 0. The number of fused-ring (bicyclic) bond motifs is 6. The molecule has 0 amide bonds. The van der Waals surface area contributed by atoms with Crippen molar-refractivity contribution in [2.24, 2.45) is 0 Å². The fourth-order valence-corrected chi connectivity index (χ4v) is 7.37. The maximum atomic E-state index is 7.34. The van der Waals surface area contributed by atoms with Crippen molar-refractivity contribution in [3.8, 4) is 45.5 Å². The van der Waals surface area contributed by atoms with Gasteiger partial charge in [-0.2, -0.15) is 0 Å². The SMILES string of the molecule is [C-]#[N+]c1ccc(-c2nc(-c3ccccc3)nc(-c3ccc(-n4c5ccccc5c5cc(-n6c7ccccc7c7ccccc76)ccc54)cc3)n2)cc1. The van der Waals surface area contributed by atoms with Gasteiger partial charge in [-0.05, 0) is 60.7 Å². The molecule has 0 spiro atoms. The first kappa shape index (κ1) is 29.5. The van der Waals surface area contributed by atoms with Crippen molar-refractivity contribution in [2.75, 3.05) is 0 Å². The summed E-state index contributed by atoms with van der Waals surface area (Å²) >= 11 is 0. The van der Waals surface area contributed by atoms with Gasteiger partial charge in [0.05, 0.1) is 28.6 Å². The Bertz CT molecular complexity index is 2950. The van der Waals surface area contributed by atoms with Crippen molar-refractivity contribution in [3.05, 3.63) is 181 Å². The van der Waals surface area contributed by atoms with Crippen LogP contribution in [-0.2, 0) is 0 Å². The second kappa shape index (κ2) is 11.9. The number of hydrogen-bond donors (Lipinski definition) is 0. The molecule has 10 aromatic rings. The summed E-state index contributed by atoms with van der Waals surface area (Å²) in [7, 11) is 0. The highest BCUT2D eigenvalue weighted by Gasteiger charge is 2.17. The van der Waals surface area contributed by atoms with Crippen molar-refractivity contribution < 1.29 is 0 Å². The lowest BCUT2D eigenvalue weighted by Gasteiger charge is -2.11. The van der Waals surface area contributed by atoms with E-state index in [0.717, 1.165) is 39.1 Å². The van der Waals surface area contributed by atoms with Crippen LogP contribution >= 0.6 is 0 Å². The largest absolute Gasteiger partial charge is 0.309 e. The normalized spacial score (nSPS) is 11.4. The van der Waals surface area contributed by atoms with Crippen LogP contribution in [0.4, 0.5) is 5.69 Å². The van der Waals surface area contributed by atoms with Gasteiger partial charge in [0.1, 0.15) is 0 Å². The molecule has 6 nitrogen and oxygen atoms in total. The van der Waals surface area contributed by atoms with E-state index < -0.39 is 0 Å². The van der Waals surface area contributed by atoms with Gasteiger partial charge in [0.2, 0.25) is 0 Å². The van der Waals surface area contributed by atoms with Crippen LogP contribution in [0.15, 0.2) is 170 Å². The summed E-state index contributed by atoms with van der Waals surface area (Å²) in [5, 5.41) is 4.89. The highest BCUT2D eigenvalue weighted by Crippen LogP contribution is 2.37. The Morgan fingerprint density at radius 1 is 0.365 bits per heavy atom. The number of rotatable bonds is 5. The molecular formula is C46H28N6. The third kappa shape index (κ3) is 4.76. The van der Waals surface area contributed by atoms with Crippen LogP contribution in [0.2, 0.25) is 0 Å². The third-order valence-electron chi connectivity index (χ3n) is 9.80. The number of benzene rings is 7. The molecule has 0 aliphatic rings. The molecule has 0 aliphatic carbocycles. The summed E-state index contributed by atoms with van der Waals surface area (Å²) in [6.07, 6.45) is 0. The van der Waals surface area contributed by atoms with Crippen molar-refractivity contribution in [1.29, 1.82) is 0 Å². The Morgan fingerprint density at radius 2 is 0.769 bits per heavy atom. The predicted molar refractivity (Wildman–Crippen MR) is 211 cm³/mol. The fourth-order valence-electron chi connectivity index (χ4n) is 7.37. The maximum absolute atomic E-state index is 7.34. The molecule has 0 bridgehead atoms. The van der Waals surface area contributed by atoms with Gasteiger partial charge in [0, 0.05) is 49.6 Å². The molecule has 0 N–H and O–H groups in total. The van der Waals surface area contributed by atoms with E-state index >= 15 is 0 Å². The minimum Gasteiger partial charge on any atom is -0.309 e. The van der Waals surface area contributed by atoms with Gasteiger partial charge in [-0.25, -0.2) is 19.8 Å². The third-order valence-corrected chi connectivity index (χ3v) is 9.80. The molecule has 0 unspecified atom stereocenters. The number of para-hydroxylation sites is 3. The summed E-state index contributed by atoms with van der Waals surface area (Å²) in [5.74, 6) is 1.74. The number of nitrogens with zero attached hydrogens (tertiary/aromatic N) is 6. The van der Waals surface area contributed by atoms with Crippen LogP contribution in [0.1, 0.15) is 0 Å². The monoisotopic (exact) mass is 664 g/mol. The quantitative estimate of drug-likeness (QED) is 0.172. The first-order valence-corrected chi connectivity index (χ1v) is 17.2. The smallest absolute Gasteiger partial charge is 0.187 e. The minimum atomic E-state index is 0.561. The Kier molecular flexibility index (Phi) is 6.76. The van der Waals surface area contributed by atoms with E-state index in [1.807, 2.05) is 42.5 Å². The van der Waals surface area contributed by atoms with Gasteiger partial charge in [-0.3, -0.25) is 0 Å². The molecule has 0 saturated heterocycles. The van der Waals surface area contributed by atoms with Gasteiger partial charge in [-0.1, -0.05) is 109 Å². The second-order valence-corrected chi connectivity index (χ2v) is 12.8. The van der Waals surface area contributed by atoms with Gasteiger partial charge in [0.25, 0.3) is 0 Å². The van der Waals surface area contributed by atoms with Crippen molar-refractivity contribution in [1.82, 2.24) is 24.1 Å². The van der Waals surface area contributed by atoms with Gasteiger partial charge in [-0.15, -0.1) is 0 Å². The summed E-state index contributed by atoms with van der Waals surface area (Å²) in [6.45, 7) is 7.34. The van der Waals surface area contributed by atoms with Crippen LogP contribution < -0.4 is 0 Å². The van der Waals surface area contributed by atoms with E-state index in [4.69, 9.17) is 21.5 Å². The Morgan fingerprint density at radius 3 is 1.31 bits per heavy atom. The molecule has 0 radical (unpaired) electrons. The molecule has 0 atom stereocenters. The minimum absolute atomic E-state index is 0.561. The molecule has 3 heterocycles. The molecule has 10 rings (SSSR count). The van der Waals surface area contributed by atoms with Crippen LogP contribution in [-0.4, -0.2) is 24.1 Å². The van der Waals surface area contributed by atoms with Crippen LogP contribution in [0, 0.1) is 6.57 Å². The maximum Gasteiger partial charge on any atom is 0.187 e. The zero-order chi connectivity index (χ0) is 34.6. The molecule has 3 aromatic heterocycles. The van der Waals surface area contributed by atoms with Crippen molar-refractivity contribution in [3.63, 3.8) is 0 Å². The zero-order valence-electron chi connectivity index (χ0n) is 27.8. The van der Waals surface area contributed by atoms with Crippen LogP contribution in [0.5, 0.6) is 0 Å². The van der Waals surface area contributed by atoms with Crippen molar-refractivity contribution in [2.45, 2.75) is 0 Å². The van der Waals surface area contributed by atoms with Gasteiger partial charge >= 0.3 is 0 Å². The van der Waals surface area contributed by atoms with Crippen LogP contribution in [0.25, 0.3) is 94.0 Å². The first-order valence-electron chi connectivity index (χ1n) is 17.2. The topological polar surface area (TPSA) is 52.9 Å². The molecule has 242 valence electrons. The van der Waals surface area contributed by atoms with Gasteiger partial charge < -0.3 is 9.13 Å². The molecule has 7 aromatic carbocycles. The first-order chi connectivity index (χ1) is 25.7. The highest BCUT2D eigenvalue weighted by atomic mass is 15.0. The Labute approximate surface area is 299 Å². The lowest BCUT2D eigenvalue weighted by atomic mass is 10.1. The standard InChI is InChI=1S/C46H28N6/c1-47-33-23-19-31(20-24-33)45-48-44(30-11-3-2-4-12-30)49-46(50-45)32-21-25-34(26-22-32)51-42-18-10-7-15-38(42)39-29-35(27-28-43(39)51)52-40-16-8-5-13-36(40)37-14-6-9-17-41(37)52/h2-29H. The molecule has 52 heavy (non-hydrogen) atoms. The predicted octanol–water partition coefficient (Wildman–Crippen LogP) is 11.6. The van der Waals surface area contributed by atoms with Crippen LogP contribution in [0.3, 0.4) is 0 Å². The van der Waals surface area contributed by atoms with E-state index in [0.29, 0.717) is 23.2 Å². The lowest BCUT2D eigenvalue weighted by molar-refractivity contribution is 1.07. The van der Waals surface area contributed by atoms with Crippen molar-refractivity contribution >= 4 is 49.3 Å². The average molecular weight is 665 g/mol. The molecular weight excluding hydrogens is 637 g/mol.